The van der Waals surface area contributed by atoms with Gasteiger partial charge in [0.25, 0.3) is 0 Å². The number of hydrogen-bond donors (Lipinski definition) is 0. The fourth-order valence-corrected chi connectivity index (χ4v) is 4.65. The van der Waals surface area contributed by atoms with Crippen molar-refractivity contribution in [2.24, 2.45) is 0 Å². The summed E-state index contributed by atoms with van der Waals surface area (Å²) in [6, 6.07) is 11.6. The van der Waals surface area contributed by atoms with Crippen molar-refractivity contribution in [2.45, 2.75) is 6.42 Å². The number of pyridine rings is 1. The van der Waals surface area contributed by atoms with Crippen molar-refractivity contribution in [3.8, 4) is 5.69 Å². The van der Waals surface area contributed by atoms with Crippen LogP contribution in [0, 0.1) is 0 Å². The molecular weight excluding hydrogens is 456 g/mol. The highest BCUT2D eigenvalue weighted by atomic mass is 35.5. The second-order valence-corrected chi connectivity index (χ2v) is 8.43. The molecule has 3 heterocycles. The number of carbonyl (C=O) groups excluding carboxylic acids is 1. The fourth-order valence-electron chi connectivity index (χ4n) is 4.43. The van der Waals surface area contributed by atoms with E-state index in [9.17, 15) is 4.79 Å². The van der Waals surface area contributed by atoms with Gasteiger partial charge in [0, 0.05) is 43.9 Å². The number of anilines is 1. The van der Waals surface area contributed by atoms with Gasteiger partial charge in [-0.1, -0.05) is 23.7 Å². The Morgan fingerprint density at radius 2 is 1.97 bits per heavy atom. The van der Waals surface area contributed by atoms with Crippen molar-refractivity contribution in [1.29, 1.82) is 0 Å². The van der Waals surface area contributed by atoms with Gasteiger partial charge < -0.3 is 19.1 Å². The highest BCUT2D eigenvalue weighted by Crippen LogP contribution is 2.34. The van der Waals surface area contributed by atoms with Crippen molar-refractivity contribution in [2.75, 3.05) is 52.0 Å². The first-order valence-corrected chi connectivity index (χ1v) is 11.5. The predicted molar refractivity (Wildman–Crippen MR) is 131 cm³/mol. The van der Waals surface area contributed by atoms with Crippen molar-refractivity contribution >= 4 is 45.2 Å². The van der Waals surface area contributed by atoms with Gasteiger partial charge in [-0.25, -0.2) is 9.78 Å². The number of fused-ring (bicyclic) bond motifs is 2. The minimum Gasteiger partial charge on any atom is -0.465 e. The number of rotatable bonds is 6. The molecule has 0 unspecified atom stereocenters. The summed E-state index contributed by atoms with van der Waals surface area (Å²) in [6.07, 6.45) is 2.30. The Balaban J connectivity index is 1.82. The van der Waals surface area contributed by atoms with Crippen LogP contribution in [0.15, 0.2) is 42.6 Å². The average molecular weight is 481 g/mol. The second-order valence-electron chi connectivity index (χ2n) is 8.02. The van der Waals surface area contributed by atoms with Crippen molar-refractivity contribution in [3.05, 3.63) is 59.0 Å². The van der Waals surface area contributed by atoms with Gasteiger partial charge in [-0.2, -0.15) is 0 Å². The lowest BCUT2D eigenvalue weighted by Gasteiger charge is -2.29. The van der Waals surface area contributed by atoms with Crippen LogP contribution in [0.2, 0.25) is 5.02 Å². The minimum atomic E-state index is -0.425. The summed E-state index contributed by atoms with van der Waals surface area (Å²) < 4.78 is 18.1. The van der Waals surface area contributed by atoms with Gasteiger partial charge in [-0.3, -0.25) is 9.55 Å². The van der Waals surface area contributed by atoms with Gasteiger partial charge in [-0.15, -0.1) is 0 Å². The summed E-state index contributed by atoms with van der Waals surface area (Å²) in [7, 11) is 3.04. The number of para-hydroxylation sites is 1. The quantitative estimate of drug-likeness (QED) is 0.385. The maximum Gasteiger partial charge on any atom is 0.340 e. The van der Waals surface area contributed by atoms with E-state index in [2.05, 4.69) is 20.5 Å². The van der Waals surface area contributed by atoms with Crippen LogP contribution < -0.4 is 4.90 Å². The van der Waals surface area contributed by atoms with Crippen molar-refractivity contribution < 1.29 is 19.0 Å². The molecule has 176 valence electrons. The predicted octanol–water partition coefficient (Wildman–Crippen LogP) is 4.04. The summed E-state index contributed by atoms with van der Waals surface area (Å²) in [5.41, 5.74) is 4.34. The highest BCUT2D eigenvalue weighted by molar-refractivity contribution is 6.35. The monoisotopic (exact) mass is 480 g/mol. The van der Waals surface area contributed by atoms with E-state index >= 15 is 0 Å². The smallest absolute Gasteiger partial charge is 0.340 e. The maximum absolute atomic E-state index is 12.8. The summed E-state index contributed by atoms with van der Waals surface area (Å²) in [5.74, 6) is 0.347. The topological polar surface area (TPSA) is 78.7 Å². The first kappa shape index (κ1) is 22.6. The molecule has 0 spiro atoms. The van der Waals surface area contributed by atoms with Crippen LogP contribution in [0.5, 0.6) is 0 Å². The van der Waals surface area contributed by atoms with Gasteiger partial charge >= 0.3 is 5.97 Å². The van der Waals surface area contributed by atoms with E-state index in [1.807, 2.05) is 30.3 Å². The van der Waals surface area contributed by atoms with Crippen LogP contribution in [0.3, 0.4) is 0 Å². The molecule has 9 heteroatoms. The zero-order valence-electron chi connectivity index (χ0n) is 19.1. The van der Waals surface area contributed by atoms with Crippen LogP contribution in [0.25, 0.3) is 27.6 Å². The van der Waals surface area contributed by atoms with Crippen molar-refractivity contribution in [3.63, 3.8) is 0 Å². The Hall–Kier alpha value is -3.20. The van der Waals surface area contributed by atoms with Gasteiger partial charge in [0.1, 0.15) is 11.3 Å². The molecule has 0 saturated carbocycles. The summed E-state index contributed by atoms with van der Waals surface area (Å²) in [5, 5.41) is 1.47. The third-order valence-electron chi connectivity index (χ3n) is 6.07. The molecule has 1 aliphatic heterocycles. The number of imidazole rings is 1. The molecule has 0 N–H and O–H groups in total. The van der Waals surface area contributed by atoms with Crippen LogP contribution in [0.4, 0.5) is 5.69 Å². The summed E-state index contributed by atoms with van der Waals surface area (Å²) in [6.45, 7) is 3.24. The lowest BCUT2D eigenvalue weighted by molar-refractivity contribution is 0.0603. The van der Waals surface area contributed by atoms with Gasteiger partial charge in [-0.05, 0) is 24.3 Å². The number of hydrogen-bond acceptors (Lipinski definition) is 7. The third-order valence-corrected chi connectivity index (χ3v) is 6.37. The Bertz CT molecular complexity index is 1360. The highest BCUT2D eigenvalue weighted by Gasteiger charge is 2.24. The minimum absolute atomic E-state index is 0.425. The Morgan fingerprint density at radius 1 is 1.15 bits per heavy atom. The molecule has 0 bridgehead atoms. The van der Waals surface area contributed by atoms with E-state index in [1.54, 1.807) is 13.3 Å². The van der Waals surface area contributed by atoms with E-state index in [0.29, 0.717) is 47.9 Å². The van der Waals surface area contributed by atoms with Crippen LogP contribution in [-0.2, 0) is 20.6 Å². The number of esters is 1. The molecule has 34 heavy (non-hydrogen) atoms. The molecule has 0 aliphatic carbocycles. The van der Waals surface area contributed by atoms with E-state index < -0.39 is 5.97 Å². The fraction of sp³-hybridized carbons (Fsp3) is 0.320. The number of nitrogens with zero attached hydrogens (tertiary/aromatic N) is 4. The van der Waals surface area contributed by atoms with Crippen LogP contribution >= 0.6 is 11.6 Å². The van der Waals surface area contributed by atoms with Gasteiger partial charge in [0.05, 0.1) is 54.2 Å². The number of aromatic nitrogens is 3. The third kappa shape index (κ3) is 3.98. The lowest BCUT2D eigenvalue weighted by Crippen LogP contribution is -2.36. The second kappa shape index (κ2) is 9.58. The number of benzene rings is 2. The molecule has 2 aromatic carbocycles. The van der Waals surface area contributed by atoms with E-state index in [0.717, 1.165) is 41.2 Å². The molecule has 0 radical (unpaired) electrons. The molecule has 1 fully saturated rings. The van der Waals surface area contributed by atoms with Gasteiger partial charge in [0.2, 0.25) is 0 Å². The van der Waals surface area contributed by atoms with Crippen LogP contribution in [0.1, 0.15) is 16.2 Å². The molecular formula is C25H25ClN4O4. The molecule has 4 aromatic rings. The van der Waals surface area contributed by atoms with E-state index in [1.165, 1.54) is 7.11 Å². The Morgan fingerprint density at radius 3 is 2.74 bits per heavy atom. The first-order valence-electron chi connectivity index (χ1n) is 11.1. The molecule has 5 rings (SSSR count). The molecule has 0 amide bonds. The molecule has 1 aliphatic rings. The van der Waals surface area contributed by atoms with Gasteiger partial charge in [0.15, 0.2) is 0 Å². The molecule has 8 nitrogen and oxygen atoms in total. The Labute approximate surface area is 202 Å². The molecule has 2 aromatic heterocycles. The number of methoxy groups -OCH3 is 2. The molecule has 0 atom stereocenters. The largest absolute Gasteiger partial charge is 0.465 e. The Kier molecular flexibility index (Phi) is 6.36. The number of halogens is 1. The van der Waals surface area contributed by atoms with Crippen molar-refractivity contribution in [1.82, 2.24) is 14.5 Å². The SMILES string of the molecule is COCCc1nc2c(C(=O)OC)cc(N3CCOCC3)cc2n1-c1ccnc2c(Cl)cccc12. The number of ether oxygens (including phenoxy) is 3. The zero-order chi connectivity index (χ0) is 23.7. The van der Waals surface area contributed by atoms with E-state index in [4.69, 9.17) is 30.8 Å². The molecule has 1 saturated heterocycles. The standard InChI is InChI=1S/C25H25ClN4O4/c1-32-11-7-22-28-24-18(25(31)33-2)14-16(29-9-12-34-13-10-29)15-21(24)30(22)20-6-8-27-23-17(20)4-3-5-19(23)26/h3-6,8,14-15H,7,9-13H2,1-2H3. The average Bonchev–Trinajstić information content (AvgIpc) is 3.25. The van der Waals surface area contributed by atoms with Crippen LogP contribution in [-0.4, -0.2) is 67.6 Å². The summed E-state index contributed by atoms with van der Waals surface area (Å²) >= 11 is 6.46. The number of morpholine rings is 1. The number of carbonyl (C=O) groups is 1. The summed E-state index contributed by atoms with van der Waals surface area (Å²) in [4.78, 5) is 24.4. The zero-order valence-corrected chi connectivity index (χ0v) is 19.8. The lowest BCUT2D eigenvalue weighted by atomic mass is 10.1. The normalized spacial score (nSPS) is 14.1. The van der Waals surface area contributed by atoms with E-state index in [-0.39, 0.29) is 0 Å². The first-order chi connectivity index (χ1) is 16.6. The maximum atomic E-state index is 12.8.